The number of rotatable bonds is 3. The Balaban J connectivity index is 3.24. The van der Waals surface area contributed by atoms with Crippen molar-refractivity contribution in [1.29, 1.82) is 0 Å². The van der Waals surface area contributed by atoms with E-state index in [0.717, 1.165) is 0 Å². The molecule has 14 heavy (non-hydrogen) atoms. The molecule has 2 nitrogen and oxygen atoms in total. The van der Waals surface area contributed by atoms with E-state index in [9.17, 15) is 8.78 Å². The van der Waals surface area contributed by atoms with Crippen LogP contribution in [-0.2, 0) is 5.33 Å². The summed E-state index contributed by atoms with van der Waals surface area (Å²) in [5.41, 5.74) is 0.198. The fourth-order valence-corrected chi connectivity index (χ4v) is 2.00. The Morgan fingerprint density at radius 3 is 2.64 bits per heavy atom. The molecule has 0 saturated carbocycles. The van der Waals surface area contributed by atoms with E-state index in [2.05, 4.69) is 36.8 Å². The number of ether oxygens (including phenoxy) is 1. The monoisotopic (exact) mass is 329 g/mol. The van der Waals surface area contributed by atoms with Crippen LogP contribution in [0.5, 0.6) is 5.75 Å². The number of nitrogens with zero attached hydrogens (tertiary/aromatic N) is 1. The van der Waals surface area contributed by atoms with E-state index in [1.807, 2.05) is 0 Å². The molecule has 1 heterocycles. The molecule has 78 valence electrons. The molecule has 1 aromatic rings. The topological polar surface area (TPSA) is 22.1 Å². The maximum Gasteiger partial charge on any atom is 0.280 e. The lowest BCUT2D eigenvalue weighted by molar-refractivity contribution is 0.145. The van der Waals surface area contributed by atoms with Gasteiger partial charge < -0.3 is 4.74 Å². The molecular formula is C8H7Br2F2NO. The zero-order valence-corrected chi connectivity index (χ0v) is 10.4. The number of methoxy groups -OCH3 is 1. The second-order valence-electron chi connectivity index (χ2n) is 2.44. The van der Waals surface area contributed by atoms with Crippen LogP contribution < -0.4 is 4.74 Å². The summed E-state index contributed by atoms with van der Waals surface area (Å²) < 4.78 is 30.2. The lowest BCUT2D eigenvalue weighted by atomic mass is 10.3. The van der Waals surface area contributed by atoms with Crippen molar-refractivity contribution >= 4 is 31.9 Å². The lowest BCUT2D eigenvalue weighted by Crippen LogP contribution is -1.99. The summed E-state index contributed by atoms with van der Waals surface area (Å²) in [5.74, 6) is 0.478. The van der Waals surface area contributed by atoms with Crippen LogP contribution >= 0.6 is 31.9 Å². The third-order valence-corrected chi connectivity index (χ3v) is 2.69. The number of aromatic nitrogens is 1. The third kappa shape index (κ3) is 2.42. The van der Waals surface area contributed by atoms with Crippen LogP contribution in [0.25, 0.3) is 0 Å². The molecule has 0 spiro atoms. The van der Waals surface area contributed by atoms with Gasteiger partial charge in [-0.15, -0.1) is 0 Å². The van der Waals surface area contributed by atoms with Crippen LogP contribution in [-0.4, -0.2) is 12.1 Å². The molecule has 0 amide bonds. The molecule has 0 aliphatic rings. The van der Waals surface area contributed by atoms with Crippen LogP contribution in [0.15, 0.2) is 10.5 Å². The van der Waals surface area contributed by atoms with Gasteiger partial charge in [0.25, 0.3) is 6.43 Å². The van der Waals surface area contributed by atoms with Gasteiger partial charge in [0.15, 0.2) is 5.75 Å². The van der Waals surface area contributed by atoms with Crippen LogP contribution in [0.1, 0.15) is 17.8 Å². The molecule has 0 N–H and O–H groups in total. The molecule has 0 radical (unpaired) electrons. The van der Waals surface area contributed by atoms with Crippen molar-refractivity contribution < 1.29 is 13.5 Å². The summed E-state index contributed by atoms with van der Waals surface area (Å²) in [5, 5.41) is 0.370. The molecule has 0 unspecified atom stereocenters. The minimum atomic E-state index is -2.57. The standard InChI is InChI=1S/C8H7Br2F2NO/c1-14-7-4(10)2-5(8(11)12)13-6(7)3-9/h2,8H,3H2,1H3. The average molecular weight is 331 g/mol. The fraction of sp³-hybridized carbons (Fsp3) is 0.375. The zero-order chi connectivity index (χ0) is 10.7. The SMILES string of the molecule is COc1c(Br)cc(C(F)F)nc1CBr. The van der Waals surface area contributed by atoms with Gasteiger partial charge >= 0.3 is 0 Å². The summed E-state index contributed by atoms with van der Waals surface area (Å²) in [6.45, 7) is 0. The Morgan fingerprint density at radius 1 is 1.57 bits per heavy atom. The van der Waals surface area contributed by atoms with Crippen molar-refractivity contribution in [3.8, 4) is 5.75 Å². The Hall–Kier alpha value is -0.230. The van der Waals surface area contributed by atoms with Gasteiger partial charge in [-0.2, -0.15) is 0 Å². The number of pyridine rings is 1. The Kier molecular flexibility index (Phi) is 4.25. The predicted molar refractivity (Wildman–Crippen MR) is 56.1 cm³/mol. The van der Waals surface area contributed by atoms with Gasteiger partial charge in [0.1, 0.15) is 5.69 Å². The van der Waals surface area contributed by atoms with Crippen molar-refractivity contribution in [3.63, 3.8) is 0 Å². The van der Waals surface area contributed by atoms with Crippen molar-refractivity contribution in [2.24, 2.45) is 0 Å². The highest BCUT2D eigenvalue weighted by molar-refractivity contribution is 9.10. The summed E-state index contributed by atoms with van der Waals surface area (Å²) in [7, 11) is 1.47. The van der Waals surface area contributed by atoms with Crippen LogP contribution in [0.4, 0.5) is 8.78 Å². The van der Waals surface area contributed by atoms with Gasteiger partial charge in [-0.25, -0.2) is 13.8 Å². The third-order valence-electron chi connectivity index (χ3n) is 1.57. The molecule has 0 aliphatic carbocycles. The van der Waals surface area contributed by atoms with Gasteiger partial charge in [-0.05, 0) is 22.0 Å². The first-order chi connectivity index (χ1) is 6.60. The van der Waals surface area contributed by atoms with Gasteiger partial charge in [0, 0.05) is 5.33 Å². The second-order valence-corrected chi connectivity index (χ2v) is 3.86. The normalized spacial score (nSPS) is 10.7. The molecule has 0 atom stereocenters. The van der Waals surface area contributed by atoms with E-state index in [4.69, 9.17) is 4.74 Å². The molecule has 0 aromatic carbocycles. The molecule has 0 saturated heterocycles. The number of hydrogen-bond acceptors (Lipinski definition) is 2. The van der Waals surface area contributed by atoms with Crippen LogP contribution in [0.3, 0.4) is 0 Å². The van der Waals surface area contributed by atoms with Gasteiger partial charge in [-0.1, -0.05) is 15.9 Å². The first kappa shape index (κ1) is 11.8. The molecule has 0 aliphatic heterocycles. The number of halogens is 4. The average Bonchev–Trinajstić information content (AvgIpc) is 2.16. The number of hydrogen-bond donors (Lipinski definition) is 0. The molecule has 0 fully saturated rings. The largest absolute Gasteiger partial charge is 0.494 e. The van der Waals surface area contributed by atoms with E-state index in [1.54, 1.807) is 0 Å². The van der Waals surface area contributed by atoms with E-state index < -0.39 is 6.43 Å². The van der Waals surface area contributed by atoms with Gasteiger partial charge in [0.2, 0.25) is 0 Å². The zero-order valence-electron chi connectivity index (χ0n) is 7.23. The quantitative estimate of drug-likeness (QED) is 0.789. The minimum Gasteiger partial charge on any atom is -0.494 e. The summed E-state index contributed by atoms with van der Waals surface area (Å²) >= 11 is 6.31. The Morgan fingerprint density at radius 2 is 2.21 bits per heavy atom. The minimum absolute atomic E-state index is 0.257. The summed E-state index contributed by atoms with van der Waals surface area (Å²) in [6.07, 6.45) is -2.57. The molecule has 1 rings (SSSR count). The van der Waals surface area contributed by atoms with Crippen molar-refractivity contribution in [3.05, 3.63) is 21.9 Å². The maximum absolute atomic E-state index is 12.4. The first-order valence-corrected chi connectivity index (χ1v) is 5.59. The fourth-order valence-electron chi connectivity index (χ4n) is 0.990. The summed E-state index contributed by atoms with van der Waals surface area (Å²) in [4.78, 5) is 3.77. The molecular weight excluding hydrogens is 324 g/mol. The van der Waals surface area contributed by atoms with Gasteiger partial charge in [0.05, 0.1) is 17.3 Å². The predicted octanol–water partition coefficient (Wildman–Crippen LogP) is 3.69. The van der Waals surface area contributed by atoms with Crippen molar-refractivity contribution in [2.75, 3.05) is 7.11 Å². The number of alkyl halides is 3. The first-order valence-electron chi connectivity index (χ1n) is 3.67. The lowest BCUT2D eigenvalue weighted by Gasteiger charge is -2.09. The molecule has 1 aromatic heterocycles. The van der Waals surface area contributed by atoms with Gasteiger partial charge in [-0.3, -0.25) is 0 Å². The molecule has 0 bridgehead atoms. The van der Waals surface area contributed by atoms with Crippen LogP contribution in [0.2, 0.25) is 0 Å². The maximum atomic E-state index is 12.4. The van der Waals surface area contributed by atoms with Crippen molar-refractivity contribution in [1.82, 2.24) is 4.98 Å². The second kappa shape index (κ2) is 5.02. The van der Waals surface area contributed by atoms with E-state index in [0.29, 0.717) is 21.2 Å². The highest BCUT2D eigenvalue weighted by Gasteiger charge is 2.16. The van der Waals surface area contributed by atoms with E-state index >= 15 is 0 Å². The highest BCUT2D eigenvalue weighted by atomic mass is 79.9. The Labute approximate surface area is 96.9 Å². The van der Waals surface area contributed by atoms with E-state index in [-0.39, 0.29) is 5.69 Å². The Bertz CT molecular complexity index is 333. The van der Waals surface area contributed by atoms with E-state index in [1.165, 1.54) is 13.2 Å². The summed E-state index contributed by atoms with van der Waals surface area (Å²) in [6, 6.07) is 1.26. The smallest absolute Gasteiger partial charge is 0.280 e. The molecule has 6 heteroatoms. The van der Waals surface area contributed by atoms with Crippen molar-refractivity contribution in [2.45, 2.75) is 11.8 Å². The highest BCUT2D eigenvalue weighted by Crippen LogP contribution is 2.32. The van der Waals surface area contributed by atoms with Crippen LogP contribution in [0, 0.1) is 0 Å².